The first-order valence-corrected chi connectivity index (χ1v) is 6.89. The van der Waals surface area contributed by atoms with Crippen LogP contribution in [0, 0.1) is 0 Å². The summed E-state index contributed by atoms with van der Waals surface area (Å²) in [5, 5.41) is 7.42. The van der Waals surface area contributed by atoms with E-state index in [1.165, 1.54) is 0 Å². The van der Waals surface area contributed by atoms with Gasteiger partial charge in [0.1, 0.15) is 0 Å². The van der Waals surface area contributed by atoms with Crippen molar-refractivity contribution in [3.63, 3.8) is 0 Å². The number of piperazine rings is 1. The summed E-state index contributed by atoms with van der Waals surface area (Å²) < 4.78 is 7.49. The van der Waals surface area contributed by atoms with E-state index in [1.807, 2.05) is 15.8 Å². The van der Waals surface area contributed by atoms with Gasteiger partial charge in [0.25, 0.3) is 5.91 Å². The van der Waals surface area contributed by atoms with E-state index in [1.54, 1.807) is 13.1 Å². The van der Waals surface area contributed by atoms with Crippen molar-refractivity contribution >= 4 is 5.91 Å². The number of hydrogen-bond acceptors (Lipinski definition) is 4. The molecule has 1 unspecified atom stereocenters. The highest BCUT2D eigenvalue weighted by Gasteiger charge is 2.23. The van der Waals surface area contributed by atoms with Crippen LogP contribution in [0.1, 0.15) is 20.3 Å². The fourth-order valence-electron chi connectivity index (χ4n) is 2.15. The molecule has 1 saturated heterocycles. The van der Waals surface area contributed by atoms with Crippen molar-refractivity contribution < 1.29 is 9.53 Å². The Hall–Kier alpha value is -1.56. The standard InChI is InChI=1S/C13H22N4O2/c1-3-6-17-10-12(9-15-17)19-11(2)13(18)16-7-4-14-5-8-16/h9-11,14H,3-8H2,1-2H3. The summed E-state index contributed by atoms with van der Waals surface area (Å²) >= 11 is 0. The molecule has 1 aliphatic rings. The smallest absolute Gasteiger partial charge is 0.263 e. The largest absolute Gasteiger partial charge is 0.478 e. The first-order chi connectivity index (χ1) is 9.20. The maximum absolute atomic E-state index is 12.2. The molecule has 1 fully saturated rings. The molecule has 1 aromatic heterocycles. The summed E-state index contributed by atoms with van der Waals surface area (Å²) in [6.07, 6.45) is 4.07. The predicted molar refractivity (Wildman–Crippen MR) is 72.1 cm³/mol. The van der Waals surface area contributed by atoms with Gasteiger partial charge in [-0.05, 0) is 13.3 Å². The molecular weight excluding hydrogens is 244 g/mol. The quantitative estimate of drug-likeness (QED) is 0.843. The maximum atomic E-state index is 12.2. The monoisotopic (exact) mass is 266 g/mol. The van der Waals surface area contributed by atoms with E-state index < -0.39 is 6.10 Å². The molecule has 0 saturated carbocycles. The Labute approximate surface area is 113 Å². The molecule has 0 aromatic carbocycles. The number of hydrogen-bond donors (Lipinski definition) is 1. The van der Waals surface area contributed by atoms with E-state index in [0.717, 1.165) is 39.1 Å². The first kappa shape index (κ1) is 13.9. The van der Waals surface area contributed by atoms with Gasteiger partial charge in [-0.25, -0.2) is 0 Å². The van der Waals surface area contributed by atoms with Gasteiger partial charge in [0, 0.05) is 32.7 Å². The summed E-state index contributed by atoms with van der Waals surface area (Å²) in [5.74, 6) is 0.703. The van der Waals surface area contributed by atoms with Crippen LogP contribution >= 0.6 is 0 Å². The van der Waals surface area contributed by atoms with Gasteiger partial charge in [-0.1, -0.05) is 6.92 Å². The Morgan fingerprint density at radius 1 is 1.53 bits per heavy atom. The van der Waals surface area contributed by atoms with Gasteiger partial charge in [0.05, 0.1) is 12.4 Å². The zero-order valence-corrected chi connectivity index (χ0v) is 11.6. The number of carbonyl (C=O) groups excluding carboxylic acids is 1. The lowest BCUT2D eigenvalue weighted by Gasteiger charge is -2.29. The Morgan fingerprint density at radius 2 is 2.26 bits per heavy atom. The molecule has 1 aliphatic heterocycles. The van der Waals surface area contributed by atoms with Gasteiger partial charge in [0.15, 0.2) is 11.9 Å². The highest BCUT2D eigenvalue weighted by Crippen LogP contribution is 2.12. The summed E-state index contributed by atoms with van der Waals surface area (Å²) in [5.41, 5.74) is 0. The number of nitrogens with zero attached hydrogens (tertiary/aromatic N) is 3. The number of rotatable bonds is 5. The second kappa shape index (κ2) is 6.56. The number of nitrogens with one attached hydrogen (secondary N) is 1. The average molecular weight is 266 g/mol. The van der Waals surface area contributed by atoms with Crippen LogP contribution in [0.15, 0.2) is 12.4 Å². The fraction of sp³-hybridized carbons (Fsp3) is 0.692. The lowest BCUT2D eigenvalue weighted by Crippen LogP contribution is -2.50. The molecule has 2 heterocycles. The molecule has 0 spiro atoms. The van der Waals surface area contributed by atoms with Gasteiger partial charge in [-0.3, -0.25) is 9.48 Å². The Morgan fingerprint density at radius 3 is 2.95 bits per heavy atom. The van der Waals surface area contributed by atoms with E-state index in [-0.39, 0.29) is 5.91 Å². The van der Waals surface area contributed by atoms with Crippen LogP contribution in [-0.4, -0.2) is 52.9 Å². The first-order valence-electron chi connectivity index (χ1n) is 6.89. The molecule has 1 atom stereocenters. The zero-order valence-electron chi connectivity index (χ0n) is 11.6. The van der Waals surface area contributed by atoms with E-state index in [9.17, 15) is 4.79 Å². The topological polar surface area (TPSA) is 59.4 Å². The molecule has 1 amide bonds. The summed E-state index contributed by atoms with van der Waals surface area (Å²) in [6.45, 7) is 7.97. The zero-order chi connectivity index (χ0) is 13.7. The van der Waals surface area contributed by atoms with Gasteiger partial charge in [-0.2, -0.15) is 5.10 Å². The van der Waals surface area contributed by atoms with Crippen molar-refractivity contribution in [2.24, 2.45) is 0 Å². The molecule has 106 valence electrons. The maximum Gasteiger partial charge on any atom is 0.263 e. The highest BCUT2D eigenvalue weighted by molar-refractivity contribution is 5.81. The van der Waals surface area contributed by atoms with Crippen LogP contribution in [0.3, 0.4) is 0 Å². The minimum absolute atomic E-state index is 0.0461. The Balaban J connectivity index is 1.88. The van der Waals surface area contributed by atoms with Crippen LogP contribution in [-0.2, 0) is 11.3 Å². The van der Waals surface area contributed by atoms with Crippen molar-refractivity contribution in [3.05, 3.63) is 12.4 Å². The molecule has 0 radical (unpaired) electrons. The van der Waals surface area contributed by atoms with E-state index in [4.69, 9.17) is 4.74 Å². The van der Waals surface area contributed by atoms with Crippen molar-refractivity contribution in [2.45, 2.75) is 32.9 Å². The van der Waals surface area contributed by atoms with Gasteiger partial charge >= 0.3 is 0 Å². The summed E-state index contributed by atoms with van der Waals surface area (Å²) in [7, 11) is 0. The van der Waals surface area contributed by atoms with Crippen LogP contribution < -0.4 is 10.1 Å². The third-order valence-corrected chi connectivity index (χ3v) is 3.15. The van der Waals surface area contributed by atoms with Crippen LogP contribution in [0.25, 0.3) is 0 Å². The van der Waals surface area contributed by atoms with Crippen molar-refractivity contribution in [2.75, 3.05) is 26.2 Å². The molecule has 6 heteroatoms. The van der Waals surface area contributed by atoms with E-state index in [2.05, 4.69) is 17.3 Å². The second-order valence-electron chi connectivity index (χ2n) is 4.77. The average Bonchev–Trinajstić information content (AvgIpc) is 2.86. The lowest BCUT2D eigenvalue weighted by molar-refractivity contribution is -0.138. The Bertz CT molecular complexity index is 413. The van der Waals surface area contributed by atoms with Crippen molar-refractivity contribution in [1.29, 1.82) is 0 Å². The molecule has 0 bridgehead atoms. The normalized spacial score (nSPS) is 17.3. The number of ether oxygens (including phenoxy) is 1. The van der Waals surface area contributed by atoms with Gasteiger partial charge < -0.3 is 15.0 Å². The molecular formula is C13H22N4O2. The predicted octanol–water partition coefficient (Wildman–Crippen LogP) is 0.492. The fourth-order valence-corrected chi connectivity index (χ4v) is 2.15. The SMILES string of the molecule is CCCn1cc(OC(C)C(=O)N2CCNCC2)cn1. The molecule has 1 aromatic rings. The van der Waals surface area contributed by atoms with Gasteiger partial charge in [-0.15, -0.1) is 0 Å². The lowest BCUT2D eigenvalue weighted by atomic mass is 10.3. The van der Waals surface area contributed by atoms with Crippen LogP contribution in [0.5, 0.6) is 5.75 Å². The molecule has 1 N–H and O–H groups in total. The molecule has 19 heavy (non-hydrogen) atoms. The minimum atomic E-state index is -0.461. The third kappa shape index (κ3) is 3.70. The second-order valence-corrected chi connectivity index (χ2v) is 4.77. The molecule has 0 aliphatic carbocycles. The Kier molecular flexibility index (Phi) is 4.79. The highest BCUT2D eigenvalue weighted by atomic mass is 16.5. The van der Waals surface area contributed by atoms with E-state index in [0.29, 0.717) is 5.75 Å². The number of aromatic nitrogens is 2. The van der Waals surface area contributed by atoms with Crippen molar-refractivity contribution in [3.8, 4) is 5.75 Å². The molecule has 2 rings (SSSR count). The number of aryl methyl sites for hydroxylation is 1. The number of carbonyl (C=O) groups is 1. The van der Waals surface area contributed by atoms with Crippen LogP contribution in [0.2, 0.25) is 0 Å². The summed E-state index contributed by atoms with van der Waals surface area (Å²) in [4.78, 5) is 14.0. The van der Waals surface area contributed by atoms with E-state index >= 15 is 0 Å². The molecule has 6 nitrogen and oxygen atoms in total. The third-order valence-electron chi connectivity index (χ3n) is 3.15. The van der Waals surface area contributed by atoms with Gasteiger partial charge in [0.2, 0.25) is 0 Å². The summed E-state index contributed by atoms with van der Waals surface area (Å²) in [6, 6.07) is 0. The van der Waals surface area contributed by atoms with Crippen molar-refractivity contribution in [1.82, 2.24) is 20.0 Å². The van der Waals surface area contributed by atoms with Crippen LogP contribution in [0.4, 0.5) is 0 Å². The minimum Gasteiger partial charge on any atom is -0.478 e. The number of amides is 1.